The number of hydrogen-bond donors (Lipinski definition) is 0. The molecule has 33 heavy (non-hydrogen) atoms. The van der Waals surface area contributed by atoms with Crippen LogP contribution in [0.5, 0.6) is 0 Å². The predicted octanol–water partition coefficient (Wildman–Crippen LogP) is 3.96. The highest BCUT2D eigenvalue weighted by molar-refractivity contribution is 7.89. The lowest BCUT2D eigenvalue weighted by Crippen LogP contribution is -2.22. The van der Waals surface area contributed by atoms with E-state index in [0.29, 0.717) is 17.9 Å². The number of rotatable bonds is 7. The number of ether oxygens (including phenoxy) is 1. The molecule has 0 amide bonds. The normalized spacial score (nSPS) is 12.2. The van der Waals surface area contributed by atoms with Crippen molar-refractivity contribution in [3.05, 3.63) is 59.1 Å². The molecule has 2 heterocycles. The molecule has 0 fully saturated rings. The third-order valence-electron chi connectivity index (χ3n) is 5.86. The predicted molar refractivity (Wildman–Crippen MR) is 125 cm³/mol. The summed E-state index contributed by atoms with van der Waals surface area (Å²) in [6.45, 7) is 6.59. The number of benzene rings is 2. The Hall–Kier alpha value is -3.17. The van der Waals surface area contributed by atoms with Gasteiger partial charge in [-0.05, 0) is 62.2 Å². The van der Waals surface area contributed by atoms with Crippen LogP contribution in [-0.2, 0) is 39.1 Å². The first kappa shape index (κ1) is 23.0. The fraction of sp³-hybridized carbons (Fsp3) is 0.333. The summed E-state index contributed by atoms with van der Waals surface area (Å²) in [4.78, 5) is 17.3. The summed E-state index contributed by atoms with van der Waals surface area (Å²) in [5.74, 6) is 0.172. The number of esters is 1. The lowest BCUT2D eigenvalue weighted by molar-refractivity contribution is -0.144. The molecule has 8 nitrogen and oxygen atoms in total. The molecule has 0 radical (unpaired) electrons. The molecule has 174 valence electrons. The largest absolute Gasteiger partial charge is 0.464 e. The van der Waals surface area contributed by atoms with E-state index in [2.05, 4.69) is 4.98 Å². The molecule has 2 aromatic heterocycles. The van der Waals surface area contributed by atoms with Crippen LogP contribution in [-0.4, -0.2) is 42.3 Å². The summed E-state index contributed by atoms with van der Waals surface area (Å²) < 4.78 is 39.1. The molecule has 0 atom stereocenters. The van der Waals surface area contributed by atoms with Crippen molar-refractivity contribution >= 4 is 38.0 Å². The molecular formula is C24H27N3O5S. The average Bonchev–Trinajstić information content (AvgIpc) is 3.32. The van der Waals surface area contributed by atoms with E-state index in [4.69, 9.17) is 9.15 Å². The maximum atomic E-state index is 12.6. The average molecular weight is 470 g/mol. The molecule has 4 rings (SSSR count). The number of furan rings is 1. The van der Waals surface area contributed by atoms with Gasteiger partial charge < -0.3 is 13.7 Å². The number of carbonyl (C=O) groups excluding carboxylic acids is 1. The van der Waals surface area contributed by atoms with Gasteiger partial charge >= 0.3 is 5.97 Å². The summed E-state index contributed by atoms with van der Waals surface area (Å²) in [6.07, 6.45) is 1.69. The van der Waals surface area contributed by atoms with Crippen molar-refractivity contribution < 1.29 is 22.4 Å². The molecule has 9 heteroatoms. The number of sulfonamides is 1. The van der Waals surface area contributed by atoms with Crippen LogP contribution in [0.3, 0.4) is 0 Å². The molecule has 0 aliphatic carbocycles. The van der Waals surface area contributed by atoms with Gasteiger partial charge in [-0.3, -0.25) is 4.79 Å². The Bertz CT molecular complexity index is 1460. The third-order valence-corrected chi connectivity index (χ3v) is 7.67. The zero-order valence-corrected chi connectivity index (χ0v) is 20.2. The Morgan fingerprint density at radius 3 is 2.58 bits per heavy atom. The summed E-state index contributed by atoms with van der Waals surface area (Å²) in [5.41, 5.74) is 5.11. The first-order valence-electron chi connectivity index (χ1n) is 10.7. The molecule has 0 unspecified atom stereocenters. The number of aromatic nitrogens is 2. The van der Waals surface area contributed by atoms with E-state index in [0.717, 1.165) is 37.5 Å². The Morgan fingerprint density at radius 1 is 1.15 bits per heavy atom. The molecule has 0 saturated heterocycles. The van der Waals surface area contributed by atoms with Crippen molar-refractivity contribution in [2.75, 3.05) is 14.1 Å². The van der Waals surface area contributed by atoms with Gasteiger partial charge in [0.2, 0.25) is 10.0 Å². The number of imidazole rings is 1. The van der Waals surface area contributed by atoms with Crippen molar-refractivity contribution in [3.8, 4) is 0 Å². The van der Waals surface area contributed by atoms with Gasteiger partial charge in [-0.25, -0.2) is 17.7 Å². The minimum Gasteiger partial charge on any atom is -0.464 e. The number of nitrogens with zero attached hydrogens (tertiary/aromatic N) is 3. The number of aryl methyl sites for hydroxylation is 3. The second kappa shape index (κ2) is 8.64. The number of fused-ring (bicyclic) bond motifs is 2. The zero-order chi connectivity index (χ0) is 23.9. The molecule has 0 spiro atoms. The molecule has 2 aromatic carbocycles. The molecule has 0 bridgehead atoms. The summed E-state index contributed by atoms with van der Waals surface area (Å²) in [5, 5.41) is 0.908. The molecule has 0 N–H and O–H groups in total. The van der Waals surface area contributed by atoms with E-state index in [1.165, 1.54) is 14.1 Å². The highest BCUT2D eigenvalue weighted by atomic mass is 32.2. The van der Waals surface area contributed by atoms with E-state index < -0.39 is 10.0 Å². The van der Waals surface area contributed by atoms with Gasteiger partial charge in [-0.15, -0.1) is 0 Å². The van der Waals surface area contributed by atoms with Crippen LogP contribution >= 0.6 is 0 Å². The molecule has 0 aliphatic rings. The second-order valence-corrected chi connectivity index (χ2v) is 10.4. The highest BCUT2D eigenvalue weighted by Gasteiger charge is 2.20. The fourth-order valence-electron chi connectivity index (χ4n) is 3.82. The summed E-state index contributed by atoms with van der Waals surface area (Å²) >= 11 is 0. The van der Waals surface area contributed by atoms with Crippen LogP contribution in [0.1, 0.15) is 29.4 Å². The van der Waals surface area contributed by atoms with Crippen molar-refractivity contribution in [3.63, 3.8) is 0 Å². The second-order valence-electron chi connectivity index (χ2n) is 8.24. The number of hydrogen-bond acceptors (Lipinski definition) is 6. The van der Waals surface area contributed by atoms with E-state index >= 15 is 0 Å². The SMILES string of the molecule is CCn1c(COC(=O)Cc2coc3cc(C)c(C)cc23)nc2cc(S(=O)(=O)N(C)C)ccc21. The van der Waals surface area contributed by atoms with Crippen LogP contribution in [0.15, 0.2) is 45.9 Å². The summed E-state index contributed by atoms with van der Waals surface area (Å²) in [6, 6.07) is 8.83. The fourth-order valence-corrected chi connectivity index (χ4v) is 4.74. The first-order valence-corrected chi connectivity index (χ1v) is 12.1. The maximum absolute atomic E-state index is 12.6. The van der Waals surface area contributed by atoms with Crippen LogP contribution < -0.4 is 0 Å². The van der Waals surface area contributed by atoms with Crippen molar-refractivity contribution in [2.45, 2.75) is 45.2 Å². The van der Waals surface area contributed by atoms with E-state index in [1.54, 1.807) is 24.5 Å². The van der Waals surface area contributed by atoms with E-state index in [-0.39, 0.29) is 23.9 Å². The van der Waals surface area contributed by atoms with Crippen LogP contribution in [0.4, 0.5) is 0 Å². The van der Waals surface area contributed by atoms with Gasteiger partial charge in [-0.2, -0.15) is 0 Å². The van der Waals surface area contributed by atoms with Crippen LogP contribution in [0.25, 0.3) is 22.0 Å². The molecule has 0 aliphatic heterocycles. The van der Waals surface area contributed by atoms with Gasteiger partial charge in [0, 0.05) is 31.6 Å². The Balaban J connectivity index is 1.54. The van der Waals surface area contributed by atoms with Gasteiger partial charge in [0.25, 0.3) is 0 Å². The Labute approximate surface area is 192 Å². The molecule has 4 aromatic rings. The van der Waals surface area contributed by atoms with E-state index in [1.807, 2.05) is 37.5 Å². The monoisotopic (exact) mass is 469 g/mol. The standard InChI is InChI=1S/C24H27N3O5S/c1-6-27-21-8-7-18(33(29,30)26(4)5)12-20(21)25-23(27)14-32-24(28)11-17-13-31-22-10-16(3)15(2)9-19(17)22/h7-10,12-13H,6,11,14H2,1-5H3. The van der Waals surface area contributed by atoms with Crippen molar-refractivity contribution in [1.29, 1.82) is 0 Å². The Kier molecular flexibility index (Phi) is 6.02. The minimum atomic E-state index is -3.57. The third kappa shape index (κ3) is 4.26. The van der Waals surface area contributed by atoms with Crippen molar-refractivity contribution in [1.82, 2.24) is 13.9 Å². The van der Waals surface area contributed by atoms with E-state index in [9.17, 15) is 13.2 Å². The maximum Gasteiger partial charge on any atom is 0.310 e. The Morgan fingerprint density at radius 2 is 1.88 bits per heavy atom. The number of carbonyl (C=O) groups is 1. The zero-order valence-electron chi connectivity index (χ0n) is 19.4. The quantitative estimate of drug-likeness (QED) is 0.380. The molecular weight excluding hydrogens is 442 g/mol. The molecule has 0 saturated carbocycles. The van der Waals surface area contributed by atoms with Gasteiger partial charge in [-0.1, -0.05) is 0 Å². The lowest BCUT2D eigenvalue weighted by atomic mass is 10.0. The van der Waals surface area contributed by atoms with Gasteiger partial charge in [0.05, 0.1) is 28.6 Å². The first-order chi connectivity index (χ1) is 15.6. The van der Waals surface area contributed by atoms with Gasteiger partial charge in [0.15, 0.2) is 0 Å². The van der Waals surface area contributed by atoms with Crippen molar-refractivity contribution in [2.24, 2.45) is 0 Å². The lowest BCUT2D eigenvalue weighted by Gasteiger charge is -2.11. The highest BCUT2D eigenvalue weighted by Crippen LogP contribution is 2.26. The van der Waals surface area contributed by atoms with Crippen LogP contribution in [0.2, 0.25) is 0 Å². The van der Waals surface area contributed by atoms with Crippen LogP contribution in [0, 0.1) is 13.8 Å². The smallest absolute Gasteiger partial charge is 0.310 e. The van der Waals surface area contributed by atoms with Gasteiger partial charge in [0.1, 0.15) is 18.0 Å². The summed E-state index contributed by atoms with van der Waals surface area (Å²) in [7, 11) is -0.594. The minimum absolute atomic E-state index is 0.00889. The topological polar surface area (TPSA) is 94.6 Å².